The first-order valence-electron chi connectivity index (χ1n) is 7.86. The highest BCUT2D eigenvalue weighted by Crippen LogP contribution is 2.14. The molecule has 2 heterocycles. The normalized spacial score (nSPS) is 16.7. The maximum absolute atomic E-state index is 12.0. The first-order chi connectivity index (χ1) is 10.1. The van der Waals surface area contributed by atoms with Gasteiger partial charge in [0.05, 0.1) is 17.1 Å². The standard InChI is InChI=1S/C15H27N5O/c1-12-15(16)13(2)20(18-12)11-14(21)17-7-10-19-8-5-3-4-6-9-19/h3-11,16H2,1-2H3,(H,17,21). The smallest absolute Gasteiger partial charge is 0.241 e. The molecule has 1 aliphatic rings. The quantitative estimate of drug-likeness (QED) is 0.851. The van der Waals surface area contributed by atoms with Crippen LogP contribution in [0.1, 0.15) is 37.1 Å². The molecule has 1 amide bonds. The molecule has 0 unspecified atom stereocenters. The Morgan fingerprint density at radius 2 is 1.90 bits per heavy atom. The number of nitrogens with one attached hydrogen (secondary N) is 1. The van der Waals surface area contributed by atoms with Crippen LogP contribution in [-0.2, 0) is 11.3 Å². The monoisotopic (exact) mass is 293 g/mol. The van der Waals surface area contributed by atoms with E-state index >= 15 is 0 Å². The largest absolute Gasteiger partial charge is 0.396 e. The van der Waals surface area contributed by atoms with E-state index in [1.54, 1.807) is 4.68 Å². The molecular weight excluding hydrogens is 266 g/mol. The van der Waals surface area contributed by atoms with Gasteiger partial charge in [0.25, 0.3) is 0 Å². The summed E-state index contributed by atoms with van der Waals surface area (Å²) in [7, 11) is 0. The van der Waals surface area contributed by atoms with Gasteiger partial charge in [-0.05, 0) is 39.8 Å². The van der Waals surface area contributed by atoms with E-state index in [1.807, 2.05) is 13.8 Å². The third-order valence-electron chi connectivity index (χ3n) is 4.18. The zero-order valence-electron chi connectivity index (χ0n) is 13.2. The van der Waals surface area contributed by atoms with Crippen molar-refractivity contribution in [1.29, 1.82) is 0 Å². The minimum Gasteiger partial charge on any atom is -0.396 e. The molecule has 2 rings (SSSR count). The maximum atomic E-state index is 12.0. The van der Waals surface area contributed by atoms with Gasteiger partial charge in [0.1, 0.15) is 6.54 Å². The molecule has 3 N–H and O–H groups in total. The van der Waals surface area contributed by atoms with Crippen molar-refractivity contribution in [1.82, 2.24) is 20.0 Å². The molecule has 0 atom stereocenters. The highest BCUT2D eigenvalue weighted by molar-refractivity contribution is 5.75. The van der Waals surface area contributed by atoms with Crippen LogP contribution < -0.4 is 11.1 Å². The molecule has 1 saturated heterocycles. The number of carbonyl (C=O) groups excluding carboxylic acids is 1. The summed E-state index contributed by atoms with van der Waals surface area (Å²) >= 11 is 0. The van der Waals surface area contributed by atoms with E-state index in [0.29, 0.717) is 12.2 Å². The SMILES string of the molecule is Cc1nn(CC(=O)NCCN2CCCCCC2)c(C)c1N. The van der Waals surface area contributed by atoms with E-state index in [9.17, 15) is 4.79 Å². The number of rotatable bonds is 5. The summed E-state index contributed by atoms with van der Waals surface area (Å²) in [5, 5.41) is 7.25. The van der Waals surface area contributed by atoms with Gasteiger partial charge < -0.3 is 16.0 Å². The Kier molecular flexibility index (Phi) is 5.61. The van der Waals surface area contributed by atoms with Gasteiger partial charge in [-0.1, -0.05) is 12.8 Å². The lowest BCUT2D eigenvalue weighted by molar-refractivity contribution is -0.121. The number of hydrogen-bond acceptors (Lipinski definition) is 4. The number of likely N-dealkylation sites (tertiary alicyclic amines) is 1. The lowest BCUT2D eigenvalue weighted by atomic mass is 10.2. The van der Waals surface area contributed by atoms with E-state index < -0.39 is 0 Å². The third-order valence-corrected chi connectivity index (χ3v) is 4.18. The van der Waals surface area contributed by atoms with E-state index in [0.717, 1.165) is 31.0 Å². The topological polar surface area (TPSA) is 76.2 Å². The molecule has 1 fully saturated rings. The van der Waals surface area contributed by atoms with Crippen LogP contribution in [0.2, 0.25) is 0 Å². The number of aromatic nitrogens is 2. The fourth-order valence-corrected chi connectivity index (χ4v) is 2.77. The molecule has 21 heavy (non-hydrogen) atoms. The Bertz CT molecular complexity index is 475. The van der Waals surface area contributed by atoms with Crippen molar-refractivity contribution in [3.63, 3.8) is 0 Å². The minimum atomic E-state index is -0.00424. The van der Waals surface area contributed by atoms with Gasteiger partial charge in [0.2, 0.25) is 5.91 Å². The van der Waals surface area contributed by atoms with Gasteiger partial charge in [-0.2, -0.15) is 5.10 Å². The summed E-state index contributed by atoms with van der Waals surface area (Å²) in [4.78, 5) is 14.4. The van der Waals surface area contributed by atoms with Gasteiger partial charge in [-0.15, -0.1) is 0 Å². The fourth-order valence-electron chi connectivity index (χ4n) is 2.77. The van der Waals surface area contributed by atoms with Crippen LogP contribution in [0.5, 0.6) is 0 Å². The minimum absolute atomic E-state index is 0.00424. The summed E-state index contributed by atoms with van der Waals surface area (Å²) < 4.78 is 1.67. The second-order valence-corrected chi connectivity index (χ2v) is 5.85. The van der Waals surface area contributed by atoms with Gasteiger partial charge in [-0.3, -0.25) is 9.48 Å². The van der Waals surface area contributed by atoms with Gasteiger partial charge in [0, 0.05) is 13.1 Å². The lowest BCUT2D eigenvalue weighted by Crippen LogP contribution is -2.37. The van der Waals surface area contributed by atoms with Gasteiger partial charge >= 0.3 is 0 Å². The van der Waals surface area contributed by atoms with Crippen LogP contribution in [0.25, 0.3) is 0 Å². The van der Waals surface area contributed by atoms with Crippen molar-refractivity contribution < 1.29 is 4.79 Å². The first-order valence-corrected chi connectivity index (χ1v) is 7.86. The molecule has 0 aliphatic carbocycles. The van der Waals surface area contributed by atoms with Crippen LogP contribution >= 0.6 is 0 Å². The van der Waals surface area contributed by atoms with E-state index in [-0.39, 0.29) is 12.5 Å². The number of anilines is 1. The second kappa shape index (κ2) is 7.45. The Labute approximate surface area is 126 Å². The average Bonchev–Trinajstić information content (AvgIpc) is 2.68. The Morgan fingerprint density at radius 1 is 1.24 bits per heavy atom. The third kappa shape index (κ3) is 4.46. The fraction of sp³-hybridized carbons (Fsp3) is 0.733. The Morgan fingerprint density at radius 3 is 2.48 bits per heavy atom. The van der Waals surface area contributed by atoms with E-state index in [4.69, 9.17) is 5.73 Å². The number of amides is 1. The molecule has 1 aromatic rings. The van der Waals surface area contributed by atoms with Crippen molar-refractivity contribution in [2.75, 3.05) is 31.9 Å². The molecular formula is C15H27N5O. The highest BCUT2D eigenvalue weighted by atomic mass is 16.2. The molecule has 6 nitrogen and oxygen atoms in total. The average molecular weight is 293 g/mol. The molecule has 6 heteroatoms. The number of aryl methyl sites for hydroxylation is 1. The number of nitrogens with zero attached hydrogens (tertiary/aromatic N) is 3. The predicted octanol–water partition coefficient (Wildman–Crippen LogP) is 1.07. The molecule has 1 aliphatic heterocycles. The summed E-state index contributed by atoms with van der Waals surface area (Å²) in [6.07, 6.45) is 5.22. The Balaban J connectivity index is 1.73. The van der Waals surface area contributed by atoms with Crippen molar-refractivity contribution in [2.24, 2.45) is 0 Å². The highest BCUT2D eigenvalue weighted by Gasteiger charge is 2.12. The number of nitrogens with two attached hydrogens (primary N) is 1. The van der Waals surface area contributed by atoms with Gasteiger partial charge in [0.15, 0.2) is 0 Å². The lowest BCUT2D eigenvalue weighted by Gasteiger charge is -2.19. The van der Waals surface area contributed by atoms with E-state index in [1.165, 1.54) is 25.7 Å². The second-order valence-electron chi connectivity index (χ2n) is 5.85. The molecule has 0 saturated carbocycles. The number of carbonyl (C=O) groups is 1. The zero-order chi connectivity index (χ0) is 15.2. The van der Waals surface area contributed by atoms with Crippen molar-refractivity contribution in [2.45, 2.75) is 46.1 Å². The predicted molar refractivity (Wildman–Crippen MR) is 84.0 cm³/mol. The van der Waals surface area contributed by atoms with Crippen LogP contribution in [-0.4, -0.2) is 46.8 Å². The molecule has 0 aromatic carbocycles. The van der Waals surface area contributed by atoms with Crippen LogP contribution in [0.3, 0.4) is 0 Å². The summed E-state index contributed by atoms with van der Waals surface area (Å²) in [5.41, 5.74) is 8.18. The summed E-state index contributed by atoms with van der Waals surface area (Å²) in [5.74, 6) is -0.00424. The van der Waals surface area contributed by atoms with Crippen LogP contribution in [0.4, 0.5) is 5.69 Å². The zero-order valence-corrected chi connectivity index (χ0v) is 13.2. The summed E-state index contributed by atoms with van der Waals surface area (Å²) in [6, 6.07) is 0. The molecule has 1 aromatic heterocycles. The Hall–Kier alpha value is -1.56. The molecule has 0 radical (unpaired) electrons. The molecule has 118 valence electrons. The van der Waals surface area contributed by atoms with Crippen molar-refractivity contribution >= 4 is 11.6 Å². The maximum Gasteiger partial charge on any atom is 0.241 e. The number of nitrogen functional groups attached to an aromatic ring is 1. The molecule has 0 spiro atoms. The molecule has 0 bridgehead atoms. The van der Waals surface area contributed by atoms with Gasteiger partial charge in [-0.25, -0.2) is 0 Å². The van der Waals surface area contributed by atoms with Crippen LogP contribution in [0.15, 0.2) is 0 Å². The van der Waals surface area contributed by atoms with Crippen molar-refractivity contribution in [3.05, 3.63) is 11.4 Å². The number of hydrogen-bond donors (Lipinski definition) is 2. The first kappa shape index (κ1) is 15.8. The van der Waals surface area contributed by atoms with Crippen LogP contribution in [0, 0.1) is 13.8 Å². The van der Waals surface area contributed by atoms with E-state index in [2.05, 4.69) is 15.3 Å². The summed E-state index contributed by atoms with van der Waals surface area (Å²) in [6.45, 7) is 7.94. The van der Waals surface area contributed by atoms with Crippen molar-refractivity contribution in [3.8, 4) is 0 Å².